The van der Waals surface area contributed by atoms with Crippen molar-refractivity contribution in [2.24, 2.45) is 13.0 Å². The molecule has 9 nitrogen and oxygen atoms in total. The van der Waals surface area contributed by atoms with E-state index < -0.39 is 36.0 Å². The topological polar surface area (TPSA) is 123 Å². The van der Waals surface area contributed by atoms with Crippen molar-refractivity contribution in [1.82, 2.24) is 20.4 Å². The number of hydrogen-bond acceptors (Lipinski definition) is 5. The first-order chi connectivity index (χ1) is 16.8. The van der Waals surface area contributed by atoms with Crippen molar-refractivity contribution in [2.75, 3.05) is 6.61 Å². The summed E-state index contributed by atoms with van der Waals surface area (Å²) < 4.78 is 7.01. The van der Waals surface area contributed by atoms with Crippen LogP contribution in [0.1, 0.15) is 42.5 Å². The normalized spacial score (nSPS) is 14.8. The maximum absolute atomic E-state index is 12.7. The Morgan fingerprint density at radius 1 is 1.03 bits per heavy atom. The van der Waals surface area contributed by atoms with Crippen molar-refractivity contribution < 1.29 is 24.2 Å². The second kappa shape index (κ2) is 10.0. The molecule has 1 aromatic heterocycles. The van der Waals surface area contributed by atoms with Gasteiger partial charge < -0.3 is 20.5 Å². The Labute approximate surface area is 203 Å². The Bertz CT molecular complexity index is 1210. The van der Waals surface area contributed by atoms with E-state index in [9.17, 15) is 19.5 Å². The molecule has 1 aliphatic carbocycles. The second-order valence-corrected chi connectivity index (χ2v) is 8.77. The number of carbonyl (C=O) groups excluding carboxylic acids is 2. The van der Waals surface area contributed by atoms with Gasteiger partial charge in [0.05, 0.1) is 12.1 Å². The molecule has 0 fully saturated rings. The number of rotatable bonds is 8. The highest BCUT2D eigenvalue weighted by Gasteiger charge is 2.31. The zero-order valence-electron chi connectivity index (χ0n) is 19.8. The second-order valence-electron chi connectivity index (χ2n) is 8.77. The molecule has 3 unspecified atom stereocenters. The van der Waals surface area contributed by atoms with Crippen LogP contribution in [0, 0.1) is 5.92 Å². The van der Waals surface area contributed by atoms with Crippen molar-refractivity contribution in [3.05, 3.63) is 77.6 Å². The number of aryl methyl sites for hydroxylation is 1. The van der Waals surface area contributed by atoms with Crippen molar-refractivity contribution in [2.45, 2.75) is 31.8 Å². The Hall–Kier alpha value is -4.14. The lowest BCUT2D eigenvalue weighted by Crippen LogP contribution is -2.46. The molecule has 0 spiro atoms. The van der Waals surface area contributed by atoms with Crippen LogP contribution in [-0.2, 0) is 21.4 Å². The SMILES string of the molecule is CC(NC(=O)OCC1c2ccccc2-c2ccccc21)C(C)C(=O)NC(C(=O)O)c1cnn(C)c1. The van der Waals surface area contributed by atoms with Gasteiger partial charge >= 0.3 is 12.1 Å². The van der Waals surface area contributed by atoms with E-state index in [0.717, 1.165) is 22.3 Å². The van der Waals surface area contributed by atoms with E-state index in [1.165, 1.54) is 17.1 Å². The summed E-state index contributed by atoms with van der Waals surface area (Å²) in [6.07, 6.45) is 2.28. The molecule has 0 aliphatic heterocycles. The molecule has 0 saturated heterocycles. The molecule has 4 rings (SSSR count). The monoisotopic (exact) mass is 476 g/mol. The number of carbonyl (C=O) groups is 3. The molecule has 182 valence electrons. The third kappa shape index (κ3) is 5.03. The first-order valence-electron chi connectivity index (χ1n) is 11.4. The van der Waals surface area contributed by atoms with E-state index in [1.807, 2.05) is 36.4 Å². The lowest BCUT2D eigenvalue weighted by atomic mass is 9.98. The molecule has 2 amide bonds. The molecule has 0 bridgehead atoms. The van der Waals surface area contributed by atoms with Crippen molar-refractivity contribution >= 4 is 18.0 Å². The predicted molar refractivity (Wildman–Crippen MR) is 129 cm³/mol. The van der Waals surface area contributed by atoms with Gasteiger partial charge in [-0.15, -0.1) is 0 Å². The molecule has 3 aromatic rings. The Kier molecular flexibility index (Phi) is 6.86. The van der Waals surface area contributed by atoms with E-state index in [2.05, 4.69) is 27.9 Å². The van der Waals surface area contributed by atoms with Gasteiger partial charge in [0.1, 0.15) is 6.61 Å². The number of aliphatic carboxylic acids is 1. The van der Waals surface area contributed by atoms with Crippen molar-refractivity contribution in [1.29, 1.82) is 0 Å². The highest BCUT2D eigenvalue weighted by molar-refractivity contribution is 5.86. The van der Waals surface area contributed by atoms with Crippen LogP contribution >= 0.6 is 0 Å². The highest BCUT2D eigenvalue weighted by Crippen LogP contribution is 2.44. The minimum atomic E-state index is -1.24. The lowest BCUT2D eigenvalue weighted by molar-refractivity contribution is -0.142. The van der Waals surface area contributed by atoms with Gasteiger partial charge in [-0.3, -0.25) is 9.48 Å². The third-order valence-electron chi connectivity index (χ3n) is 6.44. The molecule has 1 heterocycles. The molecule has 3 N–H and O–H groups in total. The zero-order valence-corrected chi connectivity index (χ0v) is 19.8. The summed E-state index contributed by atoms with van der Waals surface area (Å²) in [4.78, 5) is 36.9. The van der Waals surface area contributed by atoms with Gasteiger partial charge in [0.25, 0.3) is 0 Å². The van der Waals surface area contributed by atoms with Crippen LogP contribution in [0.2, 0.25) is 0 Å². The molecule has 0 radical (unpaired) electrons. The minimum Gasteiger partial charge on any atom is -0.479 e. The van der Waals surface area contributed by atoms with Crippen LogP contribution in [0.4, 0.5) is 4.79 Å². The van der Waals surface area contributed by atoms with Crippen LogP contribution < -0.4 is 10.6 Å². The number of hydrogen-bond donors (Lipinski definition) is 3. The third-order valence-corrected chi connectivity index (χ3v) is 6.44. The summed E-state index contributed by atoms with van der Waals surface area (Å²) >= 11 is 0. The number of ether oxygens (including phenoxy) is 1. The van der Waals surface area contributed by atoms with Gasteiger partial charge in [0, 0.05) is 30.8 Å². The minimum absolute atomic E-state index is 0.0695. The number of carboxylic acids is 1. The molecule has 9 heteroatoms. The van der Waals surface area contributed by atoms with E-state index in [-0.39, 0.29) is 12.5 Å². The summed E-state index contributed by atoms with van der Waals surface area (Å²) in [7, 11) is 1.66. The molecule has 1 aliphatic rings. The number of amides is 2. The number of nitrogens with one attached hydrogen (secondary N) is 2. The quantitative estimate of drug-likeness (QED) is 0.459. The molecular weight excluding hydrogens is 448 g/mol. The molecular formula is C26H28N4O5. The average molecular weight is 477 g/mol. The number of nitrogens with zero attached hydrogens (tertiary/aromatic N) is 2. The molecule has 3 atom stereocenters. The zero-order chi connectivity index (χ0) is 25.1. The number of carboxylic acid groups (broad SMARTS) is 1. The largest absolute Gasteiger partial charge is 0.479 e. The first kappa shape index (κ1) is 24.0. The smallest absolute Gasteiger partial charge is 0.407 e. The van der Waals surface area contributed by atoms with Gasteiger partial charge in [-0.1, -0.05) is 55.5 Å². The standard InChI is InChI=1S/C26H28N4O5/c1-15(24(31)29-23(25(32)33)17-12-27-30(3)13-17)16(2)28-26(34)35-14-22-20-10-6-4-8-18(20)19-9-5-7-11-21(19)22/h4-13,15-16,22-23H,14H2,1-3H3,(H,28,34)(H,29,31)(H,32,33). The first-order valence-corrected chi connectivity index (χ1v) is 11.4. The van der Waals surface area contributed by atoms with Crippen molar-refractivity contribution in [3.8, 4) is 11.1 Å². The summed E-state index contributed by atoms with van der Waals surface area (Å²) in [5.74, 6) is -2.47. The molecule has 0 saturated carbocycles. The van der Waals surface area contributed by atoms with Crippen LogP contribution in [0.5, 0.6) is 0 Å². The summed E-state index contributed by atoms with van der Waals surface area (Å²) in [6.45, 7) is 3.45. The van der Waals surface area contributed by atoms with Gasteiger partial charge in [-0.25, -0.2) is 9.59 Å². The fraction of sp³-hybridized carbons (Fsp3) is 0.308. The van der Waals surface area contributed by atoms with Gasteiger partial charge in [-0.05, 0) is 29.2 Å². The number of aromatic nitrogens is 2. The Balaban J connectivity index is 1.34. The predicted octanol–water partition coefficient (Wildman–Crippen LogP) is 3.23. The maximum Gasteiger partial charge on any atom is 0.407 e. The van der Waals surface area contributed by atoms with E-state index >= 15 is 0 Å². The van der Waals surface area contributed by atoms with Gasteiger partial charge in [-0.2, -0.15) is 5.10 Å². The van der Waals surface area contributed by atoms with Gasteiger partial charge in [0.15, 0.2) is 6.04 Å². The number of benzene rings is 2. The molecule has 35 heavy (non-hydrogen) atoms. The summed E-state index contributed by atoms with van der Waals surface area (Å²) in [6, 6.07) is 14.3. The fourth-order valence-corrected chi connectivity index (χ4v) is 4.33. The Morgan fingerprint density at radius 3 is 2.17 bits per heavy atom. The molecule has 2 aromatic carbocycles. The summed E-state index contributed by atoms with van der Waals surface area (Å²) in [5, 5.41) is 18.7. The van der Waals surface area contributed by atoms with Gasteiger partial charge in [0.2, 0.25) is 5.91 Å². The van der Waals surface area contributed by atoms with E-state index in [1.54, 1.807) is 20.9 Å². The van der Waals surface area contributed by atoms with Crippen LogP contribution in [0.25, 0.3) is 11.1 Å². The Morgan fingerprint density at radius 2 is 1.63 bits per heavy atom. The fourth-order valence-electron chi connectivity index (χ4n) is 4.33. The highest BCUT2D eigenvalue weighted by atomic mass is 16.5. The summed E-state index contributed by atoms with van der Waals surface area (Å²) in [5.41, 5.74) is 4.85. The number of alkyl carbamates (subject to hydrolysis) is 1. The van der Waals surface area contributed by atoms with E-state index in [0.29, 0.717) is 5.56 Å². The lowest BCUT2D eigenvalue weighted by Gasteiger charge is -2.23. The number of fused-ring (bicyclic) bond motifs is 3. The maximum atomic E-state index is 12.7. The average Bonchev–Trinajstić information content (AvgIpc) is 3.41. The van der Waals surface area contributed by atoms with Crippen LogP contribution in [-0.4, -0.2) is 45.5 Å². The van der Waals surface area contributed by atoms with E-state index in [4.69, 9.17) is 4.74 Å². The van der Waals surface area contributed by atoms with Crippen LogP contribution in [0.15, 0.2) is 60.9 Å². The van der Waals surface area contributed by atoms with Crippen LogP contribution in [0.3, 0.4) is 0 Å². The van der Waals surface area contributed by atoms with Crippen molar-refractivity contribution in [3.63, 3.8) is 0 Å².